The SMILES string of the molecule is O=C(OCc1cc(=O)n2ccsc2n1)c1ccc(I)cc1. The van der Waals surface area contributed by atoms with Crippen molar-refractivity contribution in [3.05, 3.63) is 67.1 Å². The lowest BCUT2D eigenvalue weighted by atomic mass is 10.2. The van der Waals surface area contributed by atoms with E-state index in [2.05, 4.69) is 27.6 Å². The van der Waals surface area contributed by atoms with E-state index in [-0.39, 0.29) is 12.2 Å². The van der Waals surface area contributed by atoms with Gasteiger partial charge in [-0.3, -0.25) is 9.20 Å². The number of rotatable bonds is 3. The molecular formula is C14H9IN2O3S. The summed E-state index contributed by atoms with van der Waals surface area (Å²) in [6.07, 6.45) is 1.66. The Morgan fingerprint density at radius 1 is 1.33 bits per heavy atom. The molecule has 0 saturated carbocycles. The highest BCUT2D eigenvalue weighted by Crippen LogP contribution is 2.10. The molecule has 7 heteroatoms. The van der Waals surface area contributed by atoms with Gasteiger partial charge in [-0.05, 0) is 46.9 Å². The van der Waals surface area contributed by atoms with Gasteiger partial charge in [-0.1, -0.05) is 0 Å². The zero-order valence-corrected chi connectivity index (χ0v) is 13.6. The topological polar surface area (TPSA) is 60.7 Å². The smallest absolute Gasteiger partial charge is 0.338 e. The van der Waals surface area contributed by atoms with Crippen molar-refractivity contribution in [1.82, 2.24) is 9.38 Å². The molecule has 3 aromatic rings. The van der Waals surface area contributed by atoms with Crippen molar-refractivity contribution in [3.63, 3.8) is 0 Å². The second-order valence-corrected chi connectivity index (χ2v) is 6.34. The molecular weight excluding hydrogens is 403 g/mol. The third kappa shape index (κ3) is 3.13. The van der Waals surface area contributed by atoms with Gasteiger partial charge in [0.2, 0.25) is 0 Å². The number of fused-ring (bicyclic) bond motifs is 1. The van der Waals surface area contributed by atoms with Gasteiger partial charge in [0.15, 0.2) is 4.96 Å². The normalized spacial score (nSPS) is 10.7. The first-order valence-electron chi connectivity index (χ1n) is 6.02. The molecule has 0 atom stereocenters. The Morgan fingerprint density at radius 3 is 2.86 bits per heavy atom. The van der Waals surface area contributed by atoms with Crippen LogP contribution < -0.4 is 5.56 Å². The van der Waals surface area contributed by atoms with Gasteiger partial charge in [0.25, 0.3) is 5.56 Å². The summed E-state index contributed by atoms with van der Waals surface area (Å²) in [6, 6.07) is 8.45. The van der Waals surface area contributed by atoms with E-state index in [9.17, 15) is 9.59 Å². The summed E-state index contributed by atoms with van der Waals surface area (Å²) in [6.45, 7) is -0.0194. The van der Waals surface area contributed by atoms with Crippen molar-refractivity contribution in [2.24, 2.45) is 0 Å². The summed E-state index contributed by atoms with van der Waals surface area (Å²) in [5.74, 6) is -0.431. The molecule has 0 unspecified atom stereocenters. The standard InChI is InChI=1S/C14H9IN2O3S/c15-10-3-1-9(2-4-10)13(19)20-8-11-7-12(18)17-5-6-21-14(17)16-11/h1-7H,8H2. The molecule has 0 spiro atoms. The molecule has 0 aliphatic rings. The second kappa shape index (κ2) is 5.94. The van der Waals surface area contributed by atoms with Crippen molar-refractivity contribution in [1.29, 1.82) is 0 Å². The van der Waals surface area contributed by atoms with E-state index >= 15 is 0 Å². The van der Waals surface area contributed by atoms with Crippen LogP contribution in [0.15, 0.2) is 46.7 Å². The van der Waals surface area contributed by atoms with Gasteiger partial charge in [-0.15, -0.1) is 11.3 Å². The lowest BCUT2D eigenvalue weighted by Crippen LogP contribution is -2.14. The van der Waals surface area contributed by atoms with E-state index in [0.29, 0.717) is 16.2 Å². The van der Waals surface area contributed by atoms with E-state index in [4.69, 9.17) is 4.74 Å². The van der Waals surface area contributed by atoms with E-state index < -0.39 is 5.97 Å². The average Bonchev–Trinajstić information content (AvgIpc) is 2.94. The highest BCUT2D eigenvalue weighted by Gasteiger charge is 2.09. The molecule has 0 saturated heterocycles. The molecule has 2 aromatic heterocycles. The van der Waals surface area contributed by atoms with Crippen molar-refractivity contribution < 1.29 is 9.53 Å². The van der Waals surface area contributed by atoms with Crippen LogP contribution in [0.4, 0.5) is 0 Å². The molecule has 0 fully saturated rings. The number of hydrogen-bond acceptors (Lipinski definition) is 5. The van der Waals surface area contributed by atoms with Gasteiger partial charge in [-0.25, -0.2) is 9.78 Å². The fourth-order valence-corrected chi connectivity index (χ4v) is 2.87. The molecule has 106 valence electrons. The molecule has 0 N–H and O–H groups in total. The summed E-state index contributed by atoms with van der Waals surface area (Å²) < 4.78 is 7.68. The molecule has 0 radical (unpaired) electrons. The molecule has 0 amide bonds. The van der Waals surface area contributed by atoms with Crippen LogP contribution in [0.25, 0.3) is 4.96 Å². The number of carbonyl (C=O) groups excluding carboxylic acids is 1. The molecule has 2 heterocycles. The Labute approximate surface area is 137 Å². The Hall–Kier alpha value is -1.74. The quantitative estimate of drug-likeness (QED) is 0.491. The maximum Gasteiger partial charge on any atom is 0.338 e. The number of nitrogens with zero attached hydrogens (tertiary/aromatic N) is 2. The second-order valence-electron chi connectivity index (χ2n) is 4.22. The van der Waals surface area contributed by atoms with E-state index in [0.717, 1.165) is 3.57 Å². The number of benzene rings is 1. The zero-order chi connectivity index (χ0) is 14.8. The molecule has 3 rings (SSSR count). The van der Waals surface area contributed by atoms with Crippen molar-refractivity contribution in [3.8, 4) is 0 Å². The van der Waals surface area contributed by atoms with Gasteiger partial charge in [0, 0.05) is 21.2 Å². The predicted octanol–water partition coefficient (Wildman–Crippen LogP) is 2.72. The van der Waals surface area contributed by atoms with Crippen molar-refractivity contribution in [2.45, 2.75) is 6.61 Å². The number of ether oxygens (including phenoxy) is 1. The lowest BCUT2D eigenvalue weighted by molar-refractivity contribution is 0.0468. The number of carbonyl (C=O) groups is 1. The summed E-state index contributed by atoms with van der Waals surface area (Å²) in [4.78, 5) is 28.6. The minimum atomic E-state index is -0.431. The zero-order valence-electron chi connectivity index (χ0n) is 10.7. The Balaban J connectivity index is 1.75. The monoisotopic (exact) mass is 412 g/mol. The van der Waals surface area contributed by atoms with Gasteiger partial charge in [0.05, 0.1) is 11.3 Å². The first-order chi connectivity index (χ1) is 10.1. The minimum Gasteiger partial charge on any atom is -0.456 e. The average molecular weight is 412 g/mol. The first-order valence-corrected chi connectivity index (χ1v) is 7.98. The van der Waals surface area contributed by atoms with Crippen molar-refractivity contribution in [2.75, 3.05) is 0 Å². The number of hydrogen-bond donors (Lipinski definition) is 0. The minimum absolute atomic E-state index is 0.0194. The molecule has 1 aromatic carbocycles. The fourth-order valence-electron chi connectivity index (χ4n) is 1.77. The van der Waals surface area contributed by atoms with Crippen LogP contribution in [0.3, 0.4) is 0 Å². The molecule has 0 aliphatic carbocycles. The highest BCUT2D eigenvalue weighted by molar-refractivity contribution is 14.1. The summed E-state index contributed by atoms with van der Waals surface area (Å²) in [7, 11) is 0. The van der Waals surface area contributed by atoms with Crippen molar-refractivity contribution >= 4 is 44.9 Å². The van der Waals surface area contributed by atoms with Gasteiger partial charge in [0.1, 0.15) is 6.61 Å². The number of halogens is 1. The molecule has 0 bridgehead atoms. The summed E-state index contributed by atoms with van der Waals surface area (Å²) in [5, 5.41) is 1.78. The molecule has 5 nitrogen and oxygen atoms in total. The van der Waals surface area contributed by atoms with E-state index in [1.807, 2.05) is 12.1 Å². The third-order valence-corrected chi connectivity index (χ3v) is 4.26. The molecule has 0 aliphatic heterocycles. The van der Waals surface area contributed by atoms with Crippen LogP contribution in [-0.4, -0.2) is 15.4 Å². The summed E-state index contributed by atoms with van der Waals surface area (Å²) >= 11 is 3.52. The van der Waals surface area contributed by atoms with Gasteiger partial charge >= 0.3 is 5.97 Å². The number of esters is 1. The Morgan fingerprint density at radius 2 is 2.10 bits per heavy atom. The lowest BCUT2D eigenvalue weighted by Gasteiger charge is -2.04. The van der Waals surface area contributed by atoms with Crippen LogP contribution >= 0.6 is 33.9 Å². The van der Waals surface area contributed by atoms with Crippen LogP contribution in [0.5, 0.6) is 0 Å². The summed E-state index contributed by atoms with van der Waals surface area (Å²) in [5.41, 5.74) is 0.743. The maximum absolute atomic E-state index is 11.9. The van der Waals surface area contributed by atoms with Crippen LogP contribution in [0, 0.1) is 3.57 Å². The Bertz CT molecular complexity index is 855. The first kappa shape index (κ1) is 14.2. The number of aromatic nitrogens is 2. The van der Waals surface area contributed by atoms with E-state index in [1.165, 1.54) is 21.8 Å². The Kier molecular flexibility index (Phi) is 4.02. The maximum atomic E-state index is 11.9. The fraction of sp³-hybridized carbons (Fsp3) is 0.0714. The number of thiazole rings is 1. The van der Waals surface area contributed by atoms with Crippen LogP contribution in [0.1, 0.15) is 16.1 Å². The van der Waals surface area contributed by atoms with Gasteiger partial charge < -0.3 is 4.74 Å². The third-order valence-electron chi connectivity index (χ3n) is 2.79. The van der Waals surface area contributed by atoms with Crippen LogP contribution in [0.2, 0.25) is 0 Å². The molecule has 21 heavy (non-hydrogen) atoms. The van der Waals surface area contributed by atoms with Crippen LogP contribution in [-0.2, 0) is 11.3 Å². The predicted molar refractivity (Wildman–Crippen MR) is 87.6 cm³/mol. The largest absolute Gasteiger partial charge is 0.456 e. The van der Waals surface area contributed by atoms with Gasteiger partial charge in [-0.2, -0.15) is 0 Å². The van der Waals surface area contributed by atoms with E-state index in [1.54, 1.807) is 23.7 Å². The highest BCUT2D eigenvalue weighted by atomic mass is 127.